The zero-order chi connectivity index (χ0) is 15.2. The molecule has 5 heteroatoms. The number of ether oxygens (including phenoxy) is 2. The van der Waals surface area contributed by atoms with Crippen LogP contribution in [0.25, 0.3) is 0 Å². The molecule has 0 spiro atoms. The lowest BCUT2D eigenvalue weighted by Gasteiger charge is -2.13. The Hall–Kier alpha value is -2.07. The fourth-order valence-corrected chi connectivity index (χ4v) is 2.11. The number of carbonyl (C=O) groups is 1. The molecule has 0 atom stereocenters. The summed E-state index contributed by atoms with van der Waals surface area (Å²) in [7, 11) is 0. The molecule has 1 aromatic carbocycles. The maximum atomic E-state index is 11.5. The number of carbonyl (C=O) groups excluding carboxylic acids is 1. The summed E-state index contributed by atoms with van der Waals surface area (Å²) in [5.74, 6) is 1.09. The maximum absolute atomic E-state index is 11.5. The predicted molar refractivity (Wildman–Crippen MR) is 81.1 cm³/mol. The van der Waals surface area contributed by atoms with Gasteiger partial charge in [0.1, 0.15) is 12.4 Å². The van der Waals surface area contributed by atoms with E-state index in [1.807, 2.05) is 26.0 Å². The molecule has 0 saturated heterocycles. The van der Waals surface area contributed by atoms with Crippen molar-refractivity contribution in [3.63, 3.8) is 0 Å². The minimum Gasteiger partial charge on any atom is -0.493 e. The molecule has 0 bridgehead atoms. The average molecular weight is 306 g/mol. The minimum absolute atomic E-state index is 0.167. The first-order chi connectivity index (χ1) is 10.1. The Kier molecular flexibility index (Phi) is 5.17. The van der Waals surface area contributed by atoms with Crippen LogP contribution in [0, 0.1) is 6.92 Å². The van der Waals surface area contributed by atoms with Crippen LogP contribution in [0.15, 0.2) is 36.4 Å². The zero-order valence-electron chi connectivity index (χ0n) is 11.9. The van der Waals surface area contributed by atoms with Crippen LogP contribution in [0.1, 0.15) is 28.5 Å². The molecular formula is C16H16ClNO3. The molecule has 0 unspecified atom stereocenters. The number of hydrogen-bond donors (Lipinski definition) is 0. The minimum atomic E-state index is -0.535. The van der Waals surface area contributed by atoms with Gasteiger partial charge in [0.05, 0.1) is 6.61 Å². The van der Waals surface area contributed by atoms with Gasteiger partial charge in [0.25, 0.3) is 5.24 Å². The largest absolute Gasteiger partial charge is 0.493 e. The second-order valence-corrected chi connectivity index (χ2v) is 4.74. The van der Waals surface area contributed by atoms with Crippen LogP contribution in [0.2, 0.25) is 0 Å². The lowest BCUT2D eigenvalue weighted by atomic mass is 10.1. The van der Waals surface area contributed by atoms with E-state index in [2.05, 4.69) is 4.98 Å². The predicted octanol–water partition coefficient (Wildman–Crippen LogP) is 3.75. The molecular weight excluding hydrogens is 290 g/mol. The molecule has 2 rings (SSSR count). The highest BCUT2D eigenvalue weighted by Gasteiger charge is 2.15. The summed E-state index contributed by atoms with van der Waals surface area (Å²) in [6.07, 6.45) is 0. The molecule has 0 fully saturated rings. The van der Waals surface area contributed by atoms with Crippen LogP contribution in [0.4, 0.5) is 0 Å². The van der Waals surface area contributed by atoms with Crippen molar-refractivity contribution in [2.45, 2.75) is 20.5 Å². The number of pyridine rings is 1. The highest BCUT2D eigenvalue weighted by Crippen LogP contribution is 2.25. The van der Waals surface area contributed by atoms with Gasteiger partial charge >= 0.3 is 0 Å². The first-order valence-corrected chi connectivity index (χ1v) is 7.00. The molecule has 1 heterocycles. The number of hydrogen-bond acceptors (Lipinski definition) is 4. The van der Waals surface area contributed by atoms with Crippen molar-refractivity contribution in [2.24, 2.45) is 0 Å². The third-order valence-corrected chi connectivity index (χ3v) is 3.08. The Bertz CT molecular complexity index is 643. The second-order valence-electron chi connectivity index (χ2n) is 4.39. The first-order valence-electron chi connectivity index (χ1n) is 6.62. The van der Waals surface area contributed by atoms with E-state index < -0.39 is 5.24 Å². The van der Waals surface area contributed by atoms with Gasteiger partial charge in [-0.15, -0.1) is 0 Å². The molecule has 1 aromatic heterocycles. The Morgan fingerprint density at radius 3 is 2.62 bits per heavy atom. The van der Waals surface area contributed by atoms with Crippen molar-refractivity contribution >= 4 is 16.8 Å². The Morgan fingerprint density at radius 1 is 1.19 bits per heavy atom. The smallest absolute Gasteiger partial charge is 0.252 e. The third-order valence-electron chi connectivity index (χ3n) is 2.87. The molecule has 4 nitrogen and oxygen atoms in total. The van der Waals surface area contributed by atoms with Gasteiger partial charge in [-0.3, -0.25) is 4.79 Å². The summed E-state index contributed by atoms with van der Waals surface area (Å²) in [6, 6.07) is 10.7. The highest BCUT2D eigenvalue weighted by molar-refractivity contribution is 6.68. The van der Waals surface area contributed by atoms with Gasteiger partial charge in [0.15, 0.2) is 0 Å². The Balaban J connectivity index is 2.26. The van der Waals surface area contributed by atoms with Gasteiger partial charge in [0, 0.05) is 22.9 Å². The molecule has 0 amide bonds. The van der Waals surface area contributed by atoms with E-state index in [4.69, 9.17) is 21.1 Å². The molecule has 0 N–H and O–H groups in total. The number of nitrogens with zero attached hydrogens (tertiary/aromatic N) is 1. The number of rotatable bonds is 6. The number of aryl methyl sites for hydroxylation is 1. The summed E-state index contributed by atoms with van der Waals surface area (Å²) in [5, 5.41) is -0.535. The van der Waals surface area contributed by atoms with Crippen LogP contribution in [0.5, 0.6) is 11.6 Å². The summed E-state index contributed by atoms with van der Waals surface area (Å²) < 4.78 is 11.2. The molecule has 0 aliphatic heterocycles. The number of aromatic nitrogens is 1. The van der Waals surface area contributed by atoms with Crippen molar-refractivity contribution in [3.8, 4) is 11.6 Å². The van der Waals surface area contributed by atoms with Crippen molar-refractivity contribution < 1.29 is 14.3 Å². The monoisotopic (exact) mass is 305 g/mol. The van der Waals surface area contributed by atoms with Crippen LogP contribution in [0.3, 0.4) is 0 Å². The quantitative estimate of drug-likeness (QED) is 0.763. The molecule has 21 heavy (non-hydrogen) atoms. The van der Waals surface area contributed by atoms with Gasteiger partial charge in [-0.2, -0.15) is 0 Å². The normalized spacial score (nSPS) is 10.2. The van der Waals surface area contributed by atoms with E-state index in [-0.39, 0.29) is 6.61 Å². The van der Waals surface area contributed by atoms with Crippen LogP contribution in [-0.4, -0.2) is 16.8 Å². The number of halogens is 1. The summed E-state index contributed by atoms with van der Waals surface area (Å²) in [5.41, 5.74) is 1.87. The van der Waals surface area contributed by atoms with Gasteiger partial charge in [-0.05, 0) is 43.6 Å². The van der Waals surface area contributed by atoms with E-state index in [0.29, 0.717) is 29.4 Å². The van der Waals surface area contributed by atoms with Crippen molar-refractivity contribution in [1.82, 2.24) is 4.98 Å². The van der Waals surface area contributed by atoms with Crippen LogP contribution >= 0.6 is 11.6 Å². The molecule has 2 aromatic rings. The van der Waals surface area contributed by atoms with Gasteiger partial charge in [-0.1, -0.05) is 12.1 Å². The molecule has 0 aliphatic rings. The van der Waals surface area contributed by atoms with Crippen LogP contribution < -0.4 is 9.47 Å². The Labute approximate surface area is 128 Å². The van der Waals surface area contributed by atoms with Crippen molar-refractivity contribution in [3.05, 3.63) is 53.2 Å². The summed E-state index contributed by atoms with van der Waals surface area (Å²) in [6.45, 7) is 4.42. The van der Waals surface area contributed by atoms with Gasteiger partial charge in [0.2, 0.25) is 5.88 Å². The average Bonchev–Trinajstić information content (AvgIpc) is 2.46. The fraction of sp³-hybridized carbons (Fsp3) is 0.250. The van der Waals surface area contributed by atoms with E-state index in [1.54, 1.807) is 24.3 Å². The summed E-state index contributed by atoms with van der Waals surface area (Å²) in [4.78, 5) is 15.8. The third kappa shape index (κ3) is 3.95. The van der Waals surface area contributed by atoms with E-state index in [9.17, 15) is 4.79 Å². The fourth-order valence-electron chi connectivity index (χ4n) is 1.93. The zero-order valence-corrected chi connectivity index (χ0v) is 12.7. The van der Waals surface area contributed by atoms with Crippen molar-refractivity contribution in [1.29, 1.82) is 0 Å². The second kappa shape index (κ2) is 7.09. The topological polar surface area (TPSA) is 48.4 Å². The van der Waals surface area contributed by atoms with E-state index >= 15 is 0 Å². The molecule has 0 aliphatic carbocycles. The summed E-state index contributed by atoms with van der Waals surface area (Å²) >= 11 is 5.62. The molecule has 110 valence electrons. The van der Waals surface area contributed by atoms with Crippen molar-refractivity contribution in [2.75, 3.05) is 6.61 Å². The Morgan fingerprint density at radius 2 is 1.95 bits per heavy atom. The highest BCUT2D eigenvalue weighted by atomic mass is 35.5. The van der Waals surface area contributed by atoms with E-state index in [0.717, 1.165) is 5.69 Å². The van der Waals surface area contributed by atoms with Crippen LogP contribution in [-0.2, 0) is 6.61 Å². The number of benzene rings is 1. The maximum Gasteiger partial charge on any atom is 0.252 e. The SMILES string of the molecule is CCOc1cccc(C(=O)Cl)c1COc1cccc(C)n1. The molecule has 0 radical (unpaired) electrons. The lowest BCUT2D eigenvalue weighted by Crippen LogP contribution is -2.07. The standard InChI is InChI=1S/C16H16ClNO3/c1-3-20-14-8-5-7-12(16(17)19)13(14)10-21-15-9-4-6-11(2)18-15/h4-9H,3,10H2,1-2H3. The van der Waals surface area contributed by atoms with Gasteiger partial charge < -0.3 is 9.47 Å². The van der Waals surface area contributed by atoms with E-state index in [1.165, 1.54) is 0 Å². The lowest BCUT2D eigenvalue weighted by molar-refractivity contribution is 0.107. The first kappa shape index (κ1) is 15.3. The van der Waals surface area contributed by atoms with Gasteiger partial charge in [-0.25, -0.2) is 4.98 Å². The molecule has 0 saturated carbocycles.